The summed E-state index contributed by atoms with van der Waals surface area (Å²) in [6, 6.07) is 0. The molecule has 0 bridgehead atoms. The molecular weight excluding hydrogens is 238 g/mol. The fourth-order valence-corrected chi connectivity index (χ4v) is 2.38. The van der Waals surface area contributed by atoms with Gasteiger partial charge in [-0.15, -0.1) is 0 Å². The molecule has 0 aliphatic heterocycles. The molecule has 0 aliphatic carbocycles. The van der Waals surface area contributed by atoms with Crippen LogP contribution in [-0.4, -0.2) is 48.0 Å². The summed E-state index contributed by atoms with van der Waals surface area (Å²) in [5.41, 5.74) is 0. The molecule has 19 heavy (non-hydrogen) atoms. The lowest BCUT2D eigenvalue weighted by Crippen LogP contribution is -2.30. The molecule has 0 heterocycles. The average Bonchev–Trinajstić information content (AvgIpc) is 2.39. The molecule has 0 aromatic carbocycles. The minimum atomic E-state index is -0.286. The van der Waals surface area contributed by atoms with Crippen LogP contribution in [0.4, 0.5) is 0 Å². The van der Waals surface area contributed by atoms with E-state index in [4.69, 9.17) is 5.11 Å². The summed E-state index contributed by atoms with van der Waals surface area (Å²) in [7, 11) is 2.07. The third-order valence-electron chi connectivity index (χ3n) is 3.61. The van der Waals surface area contributed by atoms with E-state index in [1.165, 1.54) is 51.4 Å². The number of hydrogen-bond acceptors (Lipinski definition) is 3. The molecule has 2 N–H and O–H groups in total. The van der Waals surface area contributed by atoms with Gasteiger partial charge in [-0.25, -0.2) is 0 Å². The van der Waals surface area contributed by atoms with Gasteiger partial charge in [0.25, 0.3) is 0 Å². The Morgan fingerprint density at radius 3 is 2.05 bits per heavy atom. The topological polar surface area (TPSA) is 43.7 Å². The van der Waals surface area contributed by atoms with Crippen molar-refractivity contribution in [3.05, 3.63) is 0 Å². The average molecular weight is 273 g/mol. The summed E-state index contributed by atoms with van der Waals surface area (Å²) in [6.07, 6.45) is 11.9. The van der Waals surface area contributed by atoms with Crippen molar-refractivity contribution in [2.45, 2.75) is 77.2 Å². The van der Waals surface area contributed by atoms with Crippen molar-refractivity contribution in [2.24, 2.45) is 0 Å². The quantitative estimate of drug-likeness (QED) is 0.478. The van der Waals surface area contributed by atoms with E-state index in [1.54, 1.807) is 0 Å². The summed E-state index contributed by atoms with van der Waals surface area (Å²) < 4.78 is 0. The number of likely N-dealkylation sites (N-methyl/N-ethyl adjacent to an activating group) is 1. The van der Waals surface area contributed by atoms with Gasteiger partial charge in [0.2, 0.25) is 0 Å². The van der Waals surface area contributed by atoms with Crippen LogP contribution < -0.4 is 0 Å². The molecule has 1 atom stereocenters. The second-order valence-electron chi connectivity index (χ2n) is 5.76. The van der Waals surface area contributed by atoms with Crippen LogP contribution in [0.25, 0.3) is 0 Å². The first-order valence-corrected chi connectivity index (χ1v) is 8.18. The SMILES string of the molecule is CCCCCCCCCCN(C)CC(O)CCCO. The van der Waals surface area contributed by atoms with E-state index in [1.807, 2.05) is 0 Å². The minimum absolute atomic E-state index is 0.179. The van der Waals surface area contributed by atoms with Gasteiger partial charge in [-0.05, 0) is 32.9 Å². The largest absolute Gasteiger partial charge is 0.396 e. The van der Waals surface area contributed by atoms with E-state index in [2.05, 4.69) is 18.9 Å². The van der Waals surface area contributed by atoms with Crippen molar-refractivity contribution in [1.82, 2.24) is 4.90 Å². The Bertz CT molecular complexity index is 176. The third-order valence-corrected chi connectivity index (χ3v) is 3.61. The molecule has 3 nitrogen and oxygen atoms in total. The zero-order valence-corrected chi connectivity index (χ0v) is 13.1. The highest BCUT2D eigenvalue weighted by atomic mass is 16.3. The van der Waals surface area contributed by atoms with Crippen molar-refractivity contribution >= 4 is 0 Å². The number of aliphatic hydroxyl groups is 2. The molecule has 0 saturated heterocycles. The summed E-state index contributed by atoms with van der Waals surface area (Å²) in [5.74, 6) is 0. The van der Waals surface area contributed by atoms with Gasteiger partial charge >= 0.3 is 0 Å². The fraction of sp³-hybridized carbons (Fsp3) is 1.00. The van der Waals surface area contributed by atoms with Crippen LogP contribution in [-0.2, 0) is 0 Å². The molecule has 0 fully saturated rings. The van der Waals surface area contributed by atoms with Gasteiger partial charge in [0, 0.05) is 13.2 Å². The Labute approximate surface area is 120 Å². The molecule has 0 spiro atoms. The van der Waals surface area contributed by atoms with Crippen LogP contribution in [0.2, 0.25) is 0 Å². The maximum absolute atomic E-state index is 9.72. The molecule has 0 radical (unpaired) electrons. The summed E-state index contributed by atoms with van der Waals surface area (Å²) in [6.45, 7) is 4.24. The molecule has 0 aliphatic rings. The normalized spacial score (nSPS) is 13.1. The monoisotopic (exact) mass is 273 g/mol. The van der Waals surface area contributed by atoms with Crippen LogP contribution in [0.3, 0.4) is 0 Å². The van der Waals surface area contributed by atoms with Crippen LogP contribution in [0, 0.1) is 0 Å². The van der Waals surface area contributed by atoms with E-state index in [0.717, 1.165) is 13.1 Å². The molecule has 0 saturated carbocycles. The minimum Gasteiger partial charge on any atom is -0.396 e. The molecular formula is C16H35NO2. The second-order valence-corrected chi connectivity index (χ2v) is 5.76. The molecule has 3 heteroatoms. The fourth-order valence-electron chi connectivity index (χ4n) is 2.38. The van der Waals surface area contributed by atoms with Crippen LogP contribution in [0.5, 0.6) is 0 Å². The van der Waals surface area contributed by atoms with E-state index in [9.17, 15) is 5.11 Å². The molecule has 116 valence electrons. The van der Waals surface area contributed by atoms with Gasteiger partial charge in [-0.1, -0.05) is 51.9 Å². The first-order chi connectivity index (χ1) is 9.20. The van der Waals surface area contributed by atoms with Crippen molar-refractivity contribution < 1.29 is 10.2 Å². The highest BCUT2D eigenvalue weighted by molar-refractivity contribution is 4.61. The van der Waals surface area contributed by atoms with Gasteiger partial charge in [-0.2, -0.15) is 0 Å². The number of nitrogens with zero attached hydrogens (tertiary/aromatic N) is 1. The van der Waals surface area contributed by atoms with Gasteiger partial charge in [0.05, 0.1) is 6.10 Å². The van der Waals surface area contributed by atoms with Crippen molar-refractivity contribution in [3.63, 3.8) is 0 Å². The van der Waals surface area contributed by atoms with Gasteiger partial charge in [0.15, 0.2) is 0 Å². The van der Waals surface area contributed by atoms with E-state index in [-0.39, 0.29) is 12.7 Å². The Morgan fingerprint density at radius 2 is 1.47 bits per heavy atom. The lowest BCUT2D eigenvalue weighted by molar-refractivity contribution is 0.108. The highest BCUT2D eigenvalue weighted by Gasteiger charge is 2.07. The standard InChI is InChI=1S/C16H35NO2/c1-3-4-5-6-7-8-9-10-13-17(2)15-16(19)12-11-14-18/h16,18-19H,3-15H2,1-2H3. The zero-order chi connectivity index (χ0) is 14.3. The number of rotatable bonds is 14. The van der Waals surface area contributed by atoms with Crippen molar-refractivity contribution in [2.75, 3.05) is 26.7 Å². The summed E-state index contributed by atoms with van der Waals surface area (Å²) in [4.78, 5) is 2.21. The van der Waals surface area contributed by atoms with Crippen molar-refractivity contribution in [1.29, 1.82) is 0 Å². The number of hydrogen-bond donors (Lipinski definition) is 2. The summed E-state index contributed by atoms with van der Waals surface area (Å²) >= 11 is 0. The van der Waals surface area contributed by atoms with E-state index in [0.29, 0.717) is 12.8 Å². The second kappa shape index (κ2) is 14.3. The van der Waals surface area contributed by atoms with E-state index >= 15 is 0 Å². The smallest absolute Gasteiger partial charge is 0.0667 e. The predicted octanol–water partition coefficient (Wildman–Crippen LogP) is 3.19. The lowest BCUT2D eigenvalue weighted by Gasteiger charge is -2.20. The molecule has 0 aromatic heterocycles. The highest BCUT2D eigenvalue weighted by Crippen LogP contribution is 2.09. The van der Waals surface area contributed by atoms with Gasteiger partial charge in [-0.3, -0.25) is 0 Å². The van der Waals surface area contributed by atoms with Crippen LogP contribution >= 0.6 is 0 Å². The first kappa shape index (κ1) is 18.9. The Morgan fingerprint density at radius 1 is 0.895 bits per heavy atom. The van der Waals surface area contributed by atoms with Gasteiger partial charge in [0.1, 0.15) is 0 Å². The molecule has 0 amide bonds. The van der Waals surface area contributed by atoms with Crippen molar-refractivity contribution in [3.8, 4) is 0 Å². The first-order valence-electron chi connectivity index (χ1n) is 8.18. The molecule has 1 unspecified atom stereocenters. The molecule has 0 rings (SSSR count). The lowest BCUT2D eigenvalue weighted by atomic mass is 10.1. The maximum atomic E-state index is 9.72. The van der Waals surface area contributed by atoms with Crippen LogP contribution in [0.1, 0.15) is 71.1 Å². The predicted molar refractivity (Wildman–Crippen MR) is 82.4 cm³/mol. The number of unbranched alkanes of at least 4 members (excludes halogenated alkanes) is 7. The zero-order valence-electron chi connectivity index (χ0n) is 13.1. The summed E-state index contributed by atoms with van der Waals surface area (Å²) in [5, 5.41) is 18.4. The molecule has 0 aromatic rings. The number of aliphatic hydroxyl groups excluding tert-OH is 2. The third kappa shape index (κ3) is 14.1. The van der Waals surface area contributed by atoms with E-state index < -0.39 is 0 Å². The Kier molecular flexibility index (Phi) is 14.2. The Balaban J connectivity index is 3.26. The Hall–Kier alpha value is -0.120. The van der Waals surface area contributed by atoms with Gasteiger partial charge < -0.3 is 15.1 Å². The maximum Gasteiger partial charge on any atom is 0.0667 e. The van der Waals surface area contributed by atoms with Crippen LogP contribution in [0.15, 0.2) is 0 Å².